The Morgan fingerprint density at radius 2 is 2.06 bits per heavy atom. The molecule has 1 saturated heterocycles. The molecule has 1 unspecified atom stereocenters. The van der Waals surface area contributed by atoms with E-state index in [0.29, 0.717) is 6.04 Å². The molecule has 18 heavy (non-hydrogen) atoms. The van der Waals surface area contributed by atoms with Crippen LogP contribution in [-0.4, -0.2) is 31.6 Å². The van der Waals surface area contributed by atoms with E-state index in [9.17, 15) is 0 Å². The number of halogens is 1. The van der Waals surface area contributed by atoms with Crippen LogP contribution in [0.5, 0.6) is 0 Å². The van der Waals surface area contributed by atoms with Crippen LogP contribution in [0.15, 0.2) is 28.7 Å². The second kappa shape index (κ2) is 7.27. The number of hydrogen-bond acceptors (Lipinski definition) is 2. The molecular formula is C15H23BrN2. The van der Waals surface area contributed by atoms with Gasteiger partial charge in [0, 0.05) is 10.5 Å². The van der Waals surface area contributed by atoms with E-state index in [1.807, 2.05) is 0 Å². The predicted molar refractivity (Wildman–Crippen MR) is 80.9 cm³/mol. The Bertz CT molecular complexity index is 361. The second-order valence-corrected chi connectivity index (χ2v) is 6.00. The van der Waals surface area contributed by atoms with Crippen molar-refractivity contribution in [3.05, 3.63) is 34.3 Å². The summed E-state index contributed by atoms with van der Waals surface area (Å²) in [4.78, 5) is 2.60. The van der Waals surface area contributed by atoms with Crippen molar-refractivity contribution < 1.29 is 0 Å². The van der Waals surface area contributed by atoms with E-state index < -0.39 is 0 Å². The smallest absolute Gasteiger partial charge is 0.0330 e. The number of nitrogens with zero attached hydrogens (tertiary/aromatic N) is 1. The molecule has 100 valence electrons. The lowest BCUT2D eigenvalue weighted by Gasteiger charge is -2.28. The number of nitrogens with one attached hydrogen (secondary N) is 1. The van der Waals surface area contributed by atoms with Crippen molar-refractivity contribution in [2.45, 2.75) is 31.7 Å². The standard InChI is InChI=1S/C15H23BrN2/c1-17-15(13-6-5-7-14(16)12-13)8-11-18-9-3-2-4-10-18/h5-7,12,15,17H,2-4,8-11H2,1H3. The molecule has 0 bridgehead atoms. The van der Waals surface area contributed by atoms with Gasteiger partial charge >= 0.3 is 0 Å². The van der Waals surface area contributed by atoms with Gasteiger partial charge in [0.15, 0.2) is 0 Å². The highest BCUT2D eigenvalue weighted by molar-refractivity contribution is 9.10. The Morgan fingerprint density at radius 1 is 1.28 bits per heavy atom. The average molecular weight is 311 g/mol. The number of piperidine rings is 1. The predicted octanol–water partition coefficient (Wildman–Crippen LogP) is 3.59. The third-order valence-electron chi connectivity index (χ3n) is 3.78. The van der Waals surface area contributed by atoms with Gasteiger partial charge in [0.1, 0.15) is 0 Å². The van der Waals surface area contributed by atoms with E-state index in [2.05, 4.69) is 57.5 Å². The van der Waals surface area contributed by atoms with E-state index in [0.717, 1.165) is 0 Å². The van der Waals surface area contributed by atoms with Gasteiger partial charge in [-0.05, 0) is 63.6 Å². The summed E-state index contributed by atoms with van der Waals surface area (Å²) in [5, 5.41) is 3.44. The first-order valence-electron chi connectivity index (χ1n) is 6.94. The first-order valence-corrected chi connectivity index (χ1v) is 7.74. The van der Waals surface area contributed by atoms with Gasteiger partial charge in [-0.3, -0.25) is 0 Å². The molecule has 1 heterocycles. The molecule has 1 aromatic rings. The quantitative estimate of drug-likeness (QED) is 0.894. The van der Waals surface area contributed by atoms with Gasteiger partial charge in [0.05, 0.1) is 0 Å². The van der Waals surface area contributed by atoms with Crippen LogP contribution < -0.4 is 5.32 Å². The maximum atomic E-state index is 3.55. The molecule has 3 heteroatoms. The maximum Gasteiger partial charge on any atom is 0.0330 e. The minimum atomic E-state index is 0.462. The summed E-state index contributed by atoms with van der Waals surface area (Å²) in [7, 11) is 2.06. The van der Waals surface area contributed by atoms with Gasteiger partial charge in [-0.1, -0.05) is 34.5 Å². The summed E-state index contributed by atoms with van der Waals surface area (Å²) in [6.07, 6.45) is 5.35. The molecular weight excluding hydrogens is 288 g/mol. The molecule has 0 amide bonds. The van der Waals surface area contributed by atoms with Crippen LogP contribution in [0.1, 0.15) is 37.3 Å². The summed E-state index contributed by atoms with van der Waals surface area (Å²) in [6, 6.07) is 9.09. The molecule has 1 fully saturated rings. The highest BCUT2D eigenvalue weighted by atomic mass is 79.9. The third kappa shape index (κ3) is 4.08. The molecule has 1 atom stereocenters. The number of rotatable bonds is 5. The van der Waals surface area contributed by atoms with Gasteiger partial charge in [-0.25, -0.2) is 0 Å². The van der Waals surface area contributed by atoms with Crippen LogP contribution in [0.25, 0.3) is 0 Å². The summed E-state index contributed by atoms with van der Waals surface area (Å²) in [5.41, 5.74) is 1.38. The maximum absolute atomic E-state index is 3.55. The lowest BCUT2D eigenvalue weighted by Crippen LogP contribution is -2.32. The highest BCUT2D eigenvalue weighted by Crippen LogP contribution is 2.21. The van der Waals surface area contributed by atoms with Crippen molar-refractivity contribution >= 4 is 15.9 Å². The lowest BCUT2D eigenvalue weighted by molar-refractivity contribution is 0.218. The molecule has 0 radical (unpaired) electrons. The molecule has 0 spiro atoms. The molecule has 1 aliphatic heterocycles. The van der Waals surface area contributed by atoms with Crippen LogP contribution in [0.3, 0.4) is 0 Å². The van der Waals surface area contributed by atoms with E-state index in [1.165, 1.54) is 55.4 Å². The normalized spacial score (nSPS) is 18.8. The Hall–Kier alpha value is -0.380. The minimum absolute atomic E-state index is 0.462. The molecule has 2 nitrogen and oxygen atoms in total. The van der Waals surface area contributed by atoms with Gasteiger partial charge in [-0.15, -0.1) is 0 Å². The number of likely N-dealkylation sites (tertiary alicyclic amines) is 1. The van der Waals surface area contributed by atoms with Gasteiger partial charge in [-0.2, -0.15) is 0 Å². The van der Waals surface area contributed by atoms with E-state index in [-0.39, 0.29) is 0 Å². The summed E-state index contributed by atoms with van der Waals surface area (Å²) in [6.45, 7) is 3.78. The summed E-state index contributed by atoms with van der Waals surface area (Å²) in [5.74, 6) is 0. The fourth-order valence-corrected chi connectivity index (χ4v) is 3.11. The fraction of sp³-hybridized carbons (Fsp3) is 0.600. The fourth-order valence-electron chi connectivity index (χ4n) is 2.70. The molecule has 1 aliphatic rings. The minimum Gasteiger partial charge on any atom is -0.313 e. The molecule has 0 aromatic heterocycles. The third-order valence-corrected chi connectivity index (χ3v) is 4.28. The van der Waals surface area contributed by atoms with Crippen LogP contribution >= 0.6 is 15.9 Å². The van der Waals surface area contributed by atoms with Crippen LogP contribution in [-0.2, 0) is 0 Å². The Morgan fingerprint density at radius 3 is 2.72 bits per heavy atom. The first-order chi connectivity index (χ1) is 8.79. The highest BCUT2D eigenvalue weighted by Gasteiger charge is 2.14. The number of hydrogen-bond donors (Lipinski definition) is 1. The van der Waals surface area contributed by atoms with Crippen LogP contribution in [0.4, 0.5) is 0 Å². The molecule has 2 rings (SSSR count). The van der Waals surface area contributed by atoms with Crippen molar-refractivity contribution in [3.63, 3.8) is 0 Å². The second-order valence-electron chi connectivity index (χ2n) is 5.09. The first kappa shape index (κ1) is 14.0. The summed E-state index contributed by atoms with van der Waals surface area (Å²) >= 11 is 3.55. The van der Waals surface area contributed by atoms with Crippen LogP contribution in [0.2, 0.25) is 0 Å². The molecule has 1 aromatic carbocycles. The molecule has 0 saturated carbocycles. The zero-order chi connectivity index (χ0) is 12.8. The largest absolute Gasteiger partial charge is 0.313 e. The zero-order valence-corrected chi connectivity index (χ0v) is 12.7. The van der Waals surface area contributed by atoms with Crippen molar-refractivity contribution in [2.24, 2.45) is 0 Å². The SMILES string of the molecule is CNC(CCN1CCCCC1)c1cccc(Br)c1. The molecule has 1 N–H and O–H groups in total. The Balaban J connectivity index is 1.88. The summed E-state index contributed by atoms with van der Waals surface area (Å²) < 4.78 is 1.17. The van der Waals surface area contributed by atoms with Crippen molar-refractivity contribution in [3.8, 4) is 0 Å². The lowest BCUT2D eigenvalue weighted by atomic mass is 10.0. The Labute approximate surface area is 119 Å². The zero-order valence-electron chi connectivity index (χ0n) is 11.2. The van der Waals surface area contributed by atoms with Crippen LogP contribution in [0, 0.1) is 0 Å². The van der Waals surface area contributed by atoms with Crippen molar-refractivity contribution in [1.82, 2.24) is 10.2 Å². The van der Waals surface area contributed by atoms with E-state index >= 15 is 0 Å². The Kier molecular flexibility index (Phi) is 5.67. The average Bonchev–Trinajstić information content (AvgIpc) is 2.41. The van der Waals surface area contributed by atoms with Gasteiger partial charge in [0.2, 0.25) is 0 Å². The van der Waals surface area contributed by atoms with E-state index in [4.69, 9.17) is 0 Å². The van der Waals surface area contributed by atoms with Gasteiger partial charge in [0.25, 0.3) is 0 Å². The molecule has 0 aliphatic carbocycles. The monoisotopic (exact) mass is 310 g/mol. The van der Waals surface area contributed by atoms with E-state index in [1.54, 1.807) is 0 Å². The van der Waals surface area contributed by atoms with Crippen molar-refractivity contribution in [1.29, 1.82) is 0 Å². The topological polar surface area (TPSA) is 15.3 Å². The van der Waals surface area contributed by atoms with Crippen molar-refractivity contribution in [2.75, 3.05) is 26.7 Å². The van der Waals surface area contributed by atoms with Gasteiger partial charge < -0.3 is 10.2 Å². The number of benzene rings is 1.